The minimum Gasteiger partial charge on any atom is -0.507 e. The summed E-state index contributed by atoms with van der Waals surface area (Å²) in [5.74, 6) is -0.526. The van der Waals surface area contributed by atoms with E-state index in [-0.39, 0.29) is 23.3 Å². The molecule has 0 aliphatic carbocycles. The predicted molar refractivity (Wildman–Crippen MR) is 120 cm³/mol. The van der Waals surface area contributed by atoms with Gasteiger partial charge in [0, 0.05) is 30.4 Å². The topological polar surface area (TPSA) is 91.6 Å². The number of nitrogens with zero attached hydrogens (tertiary/aromatic N) is 2. The van der Waals surface area contributed by atoms with Crippen molar-refractivity contribution in [1.29, 1.82) is 0 Å². The van der Waals surface area contributed by atoms with E-state index >= 15 is 0 Å². The molecule has 2 aromatic rings. The van der Waals surface area contributed by atoms with Gasteiger partial charge in [-0.05, 0) is 48.1 Å². The summed E-state index contributed by atoms with van der Waals surface area (Å²) in [7, 11) is 1.25. The number of anilines is 1. The SMILES string of the molecule is COC(=O)c1ccc(OC/C(=N\O)c2ccc(N3CCCC3)c(C(C)(C)C)c2)cc1O. The van der Waals surface area contributed by atoms with E-state index in [9.17, 15) is 15.1 Å². The maximum Gasteiger partial charge on any atom is 0.341 e. The van der Waals surface area contributed by atoms with Crippen molar-refractivity contribution in [3.05, 3.63) is 53.1 Å². The molecular weight excluding hydrogens is 396 g/mol. The first-order chi connectivity index (χ1) is 14.7. The van der Waals surface area contributed by atoms with E-state index in [1.807, 2.05) is 6.07 Å². The number of rotatable bonds is 6. The van der Waals surface area contributed by atoms with Gasteiger partial charge in [0.2, 0.25) is 0 Å². The first-order valence-corrected chi connectivity index (χ1v) is 10.4. The van der Waals surface area contributed by atoms with E-state index in [1.165, 1.54) is 43.3 Å². The minimum absolute atomic E-state index is 0.000153. The molecule has 1 saturated heterocycles. The molecule has 3 rings (SSSR count). The first kappa shape index (κ1) is 22.5. The molecule has 166 valence electrons. The molecule has 1 fully saturated rings. The molecule has 0 amide bonds. The Morgan fingerprint density at radius 3 is 2.42 bits per heavy atom. The van der Waals surface area contributed by atoms with Crippen LogP contribution in [0.4, 0.5) is 5.69 Å². The summed E-state index contributed by atoms with van der Waals surface area (Å²) >= 11 is 0. The van der Waals surface area contributed by atoms with Crippen LogP contribution in [0.15, 0.2) is 41.6 Å². The normalized spacial score (nSPS) is 14.6. The van der Waals surface area contributed by atoms with Crippen LogP contribution in [0.3, 0.4) is 0 Å². The number of oxime groups is 1. The molecule has 1 aliphatic rings. The second-order valence-electron chi connectivity index (χ2n) is 8.68. The number of benzene rings is 2. The molecule has 0 atom stereocenters. The second-order valence-corrected chi connectivity index (χ2v) is 8.68. The molecule has 1 heterocycles. The average molecular weight is 427 g/mol. The highest BCUT2D eigenvalue weighted by Gasteiger charge is 2.24. The number of hydrogen-bond acceptors (Lipinski definition) is 7. The molecular formula is C24H30N2O5. The van der Waals surface area contributed by atoms with Gasteiger partial charge in [0.1, 0.15) is 29.4 Å². The lowest BCUT2D eigenvalue weighted by molar-refractivity contribution is 0.0597. The Kier molecular flexibility index (Phi) is 6.73. The number of phenols is 1. The third-order valence-electron chi connectivity index (χ3n) is 5.46. The Balaban J connectivity index is 1.81. The summed E-state index contributed by atoms with van der Waals surface area (Å²) in [6, 6.07) is 10.4. The van der Waals surface area contributed by atoms with Crippen LogP contribution in [0, 0.1) is 0 Å². The van der Waals surface area contributed by atoms with Gasteiger partial charge < -0.3 is 24.7 Å². The van der Waals surface area contributed by atoms with Gasteiger partial charge in [-0.1, -0.05) is 32.0 Å². The predicted octanol–water partition coefficient (Wildman–Crippen LogP) is 4.33. The summed E-state index contributed by atoms with van der Waals surface area (Å²) in [6.07, 6.45) is 2.40. The van der Waals surface area contributed by atoms with Gasteiger partial charge in [0.05, 0.1) is 7.11 Å². The third-order valence-corrected chi connectivity index (χ3v) is 5.46. The average Bonchev–Trinajstić information content (AvgIpc) is 3.28. The number of carbonyl (C=O) groups is 1. The highest BCUT2D eigenvalue weighted by Crippen LogP contribution is 2.35. The second kappa shape index (κ2) is 9.29. The minimum atomic E-state index is -0.630. The summed E-state index contributed by atoms with van der Waals surface area (Å²) in [4.78, 5) is 14.0. The molecule has 0 aromatic heterocycles. The van der Waals surface area contributed by atoms with Crippen molar-refractivity contribution in [3.8, 4) is 11.5 Å². The molecule has 0 unspecified atom stereocenters. The van der Waals surface area contributed by atoms with Crippen molar-refractivity contribution < 1.29 is 24.6 Å². The summed E-state index contributed by atoms with van der Waals surface area (Å²) in [5, 5.41) is 23.1. The van der Waals surface area contributed by atoms with Crippen LogP contribution in [-0.2, 0) is 10.2 Å². The van der Waals surface area contributed by atoms with Crippen LogP contribution < -0.4 is 9.64 Å². The molecule has 0 bridgehead atoms. The molecule has 1 aliphatic heterocycles. The van der Waals surface area contributed by atoms with Crippen molar-refractivity contribution in [2.75, 3.05) is 31.7 Å². The van der Waals surface area contributed by atoms with Crippen LogP contribution in [0.1, 0.15) is 55.1 Å². The van der Waals surface area contributed by atoms with E-state index in [1.54, 1.807) is 6.07 Å². The lowest BCUT2D eigenvalue weighted by Crippen LogP contribution is -2.24. The van der Waals surface area contributed by atoms with Crippen molar-refractivity contribution in [2.24, 2.45) is 5.16 Å². The Morgan fingerprint density at radius 2 is 1.84 bits per heavy atom. The fraction of sp³-hybridized carbons (Fsp3) is 0.417. The van der Waals surface area contributed by atoms with Crippen LogP contribution in [0.2, 0.25) is 0 Å². The smallest absolute Gasteiger partial charge is 0.341 e. The number of esters is 1. The van der Waals surface area contributed by atoms with Crippen LogP contribution in [0.25, 0.3) is 0 Å². The molecule has 7 heteroatoms. The Labute approximate surface area is 182 Å². The van der Waals surface area contributed by atoms with Crippen LogP contribution in [-0.4, -0.2) is 48.8 Å². The highest BCUT2D eigenvalue weighted by molar-refractivity contribution is 6.02. The van der Waals surface area contributed by atoms with Crippen molar-refractivity contribution in [3.63, 3.8) is 0 Å². The molecule has 7 nitrogen and oxygen atoms in total. The fourth-order valence-corrected chi connectivity index (χ4v) is 3.76. The molecule has 31 heavy (non-hydrogen) atoms. The third kappa shape index (κ3) is 5.10. The zero-order valence-corrected chi connectivity index (χ0v) is 18.5. The van der Waals surface area contributed by atoms with E-state index in [2.05, 4.69) is 47.7 Å². The number of ether oxygens (including phenoxy) is 2. The van der Waals surface area contributed by atoms with Crippen LogP contribution in [0.5, 0.6) is 11.5 Å². The maximum atomic E-state index is 11.6. The largest absolute Gasteiger partial charge is 0.507 e. The summed E-state index contributed by atoms with van der Waals surface area (Å²) in [5.41, 5.74) is 3.52. The molecule has 0 saturated carbocycles. The van der Waals surface area contributed by atoms with Gasteiger partial charge in [-0.3, -0.25) is 0 Å². The Morgan fingerprint density at radius 1 is 1.13 bits per heavy atom. The standard InChI is InChI=1S/C24H30N2O5/c1-24(2,3)19-13-16(7-10-21(19)26-11-5-6-12-26)20(25-29)15-31-17-8-9-18(22(27)14-17)23(28)30-4/h7-10,13-14,27,29H,5-6,11-12,15H2,1-4H3/b25-20+. The molecule has 0 spiro atoms. The van der Waals surface area contributed by atoms with Crippen molar-refractivity contribution in [1.82, 2.24) is 0 Å². The van der Waals surface area contributed by atoms with Crippen molar-refractivity contribution >= 4 is 17.4 Å². The Bertz CT molecular complexity index is 972. The van der Waals surface area contributed by atoms with Gasteiger partial charge in [-0.15, -0.1) is 0 Å². The lowest BCUT2D eigenvalue weighted by atomic mass is 9.84. The first-order valence-electron chi connectivity index (χ1n) is 10.4. The van der Waals surface area contributed by atoms with E-state index in [4.69, 9.17) is 4.74 Å². The molecule has 2 N–H and O–H groups in total. The van der Waals surface area contributed by atoms with E-state index in [0.29, 0.717) is 11.5 Å². The van der Waals surface area contributed by atoms with Crippen molar-refractivity contribution in [2.45, 2.75) is 39.0 Å². The number of phenolic OH excluding ortho intramolecular Hbond substituents is 1. The summed E-state index contributed by atoms with van der Waals surface area (Å²) < 4.78 is 10.3. The van der Waals surface area contributed by atoms with Gasteiger partial charge in [-0.25, -0.2) is 4.79 Å². The number of hydrogen-bond donors (Lipinski definition) is 2. The van der Waals surface area contributed by atoms with Gasteiger partial charge >= 0.3 is 5.97 Å². The fourth-order valence-electron chi connectivity index (χ4n) is 3.76. The zero-order chi connectivity index (χ0) is 22.6. The molecule has 0 radical (unpaired) electrons. The van der Waals surface area contributed by atoms with Gasteiger partial charge in [0.15, 0.2) is 0 Å². The highest BCUT2D eigenvalue weighted by atomic mass is 16.5. The monoisotopic (exact) mass is 426 g/mol. The van der Waals surface area contributed by atoms with E-state index < -0.39 is 5.97 Å². The molecule has 2 aromatic carbocycles. The van der Waals surface area contributed by atoms with Gasteiger partial charge in [0.25, 0.3) is 0 Å². The number of aromatic hydroxyl groups is 1. The van der Waals surface area contributed by atoms with E-state index in [0.717, 1.165) is 18.7 Å². The maximum absolute atomic E-state index is 11.6. The summed E-state index contributed by atoms with van der Waals surface area (Å²) in [6.45, 7) is 8.62. The zero-order valence-electron chi connectivity index (χ0n) is 18.5. The quantitative estimate of drug-likeness (QED) is 0.309. The lowest BCUT2D eigenvalue weighted by Gasteiger charge is -2.29. The van der Waals surface area contributed by atoms with Gasteiger partial charge in [-0.2, -0.15) is 0 Å². The number of methoxy groups -OCH3 is 1. The number of carbonyl (C=O) groups excluding carboxylic acids is 1. The van der Waals surface area contributed by atoms with Crippen LogP contribution >= 0.6 is 0 Å². The Hall–Kier alpha value is -3.22.